The standard InChI is InChI=1S/C16H13ClIN3/c17-12-5-6-14(18)13(9-12)16(21-19)11-4-3-10-2-1-7-20-15(10)8-11/h1-9,16,21H,19H2. The number of nitrogens with one attached hydrogen (secondary N) is 1. The second-order valence-corrected chi connectivity index (χ2v) is 6.32. The summed E-state index contributed by atoms with van der Waals surface area (Å²) in [5, 5.41) is 1.81. The third-order valence-corrected chi connectivity index (χ3v) is 4.62. The van der Waals surface area contributed by atoms with Crippen LogP contribution in [0.4, 0.5) is 0 Å². The summed E-state index contributed by atoms with van der Waals surface area (Å²) in [6.45, 7) is 0. The van der Waals surface area contributed by atoms with Gasteiger partial charge in [-0.2, -0.15) is 0 Å². The molecule has 3 N–H and O–H groups in total. The first-order valence-electron chi connectivity index (χ1n) is 6.45. The zero-order valence-electron chi connectivity index (χ0n) is 11.1. The monoisotopic (exact) mass is 409 g/mol. The van der Waals surface area contributed by atoms with E-state index < -0.39 is 0 Å². The van der Waals surface area contributed by atoms with Gasteiger partial charge in [-0.15, -0.1) is 0 Å². The summed E-state index contributed by atoms with van der Waals surface area (Å²) in [6.07, 6.45) is 1.79. The van der Waals surface area contributed by atoms with E-state index in [1.54, 1.807) is 6.20 Å². The summed E-state index contributed by atoms with van der Waals surface area (Å²) >= 11 is 8.41. The Morgan fingerprint density at radius 3 is 2.81 bits per heavy atom. The number of nitrogens with zero attached hydrogens (tertiary/aromatic N) is 1. The highest BCUT2D eigenvalue weighted by atomic mass is 127. The highest BCUT2D eigenvalue weighted by Crippen LogP contribution is 2.29. The zero-order chi connectivity index (χ0) is 14.8. The molecule has 2 aromatic carbocycles. The van der Waals surface area contributed by atoms with E-state index >= 15 is 0 Å². The van der Waals surface area contributed by atoms with Crippen LogP contribution in [0.25, 0.3) is 10.9 Å². The molecule has 1 unspecified atom stereocenters. The molecule has 0 saturated heterocycles. The maximum absolute atomic E-state index is 6.12. The number of hydrogen-bond donors (Lipinski definition) is 2. The quantitative estimate of drug-likeness (QED) is 0.390. The maximum atomic E-state index is 6.12. The van der Waals surface area contributed by atoms with E-state index in [-0.39, 0.29) is 6.04 Å². The fourth-order valence-electron chi connectivity index (χ4n) is 2.36. The van der Waals surface area contributed by atoms with E-state index in [1.165, 1.54) is 0 Å². The van der Waals surface area contributed by atoms with Gasteiger partial charge in [-0.25, -0.2) is 5.43 Å². The van der Waals surface area contributed by atoms with Crippen molar-refractivity contribution in [1.82, 2.24) is 10.4 Å². The van der Waals surface area contributed by atoms with Gasteiger partial charge in [0.25, 0.3) is 0 Å². The zero-order valence-corrected chi connectivity index (χ0v) is 14.0. The van der Waals surface area contributed by atoms with Gasteiger partial charge in [0.2, 0.25) is 0 Å². The van der Waals surface area contributed by atoms with Crippen molar-refractivity contribution in [2.45, 2.75) is 6.04 Å². The fourth-order valence-corrected chi connectivity index (χ4v) is 3.19. The Balaban J connectivity index is 2.11. The van der Waals surface area contributed by atoms with Crippen LogP contribution in [0.1, 0.15) is 17.2 Å². The average molecular weight is 410 g/mol. The summed E-state index contributed by atoms with van der Waals surface area (Å²) in [5.41, 5.74) is 5.94. The van der Waals surface area contributed by atoms with E-state index in [1.807, 2.05) is 30.3 Å². The van der Waals surface area contributed by atoms with Crippen LogP contribution in [0.3, 0.4) is 0 Å². The number of rotatable bonds is 3. The molecule has 5 heteroatoms. The first kappa shape index (κ1) is 14.7. The summed E-state index contributed by atoms with van der Waals surface area (Å²) < 4.78 is 1.11. The molecular formula is C16H13ClIN3. The van der Waals surface area contributed by atoms with E-state index in [4.69, 9.17) is 17.4 Å². The third kappa shape index (κ3) is 3.03. The average Bonchev–Trinajstić information content (AvgIpc) is 2.51. The van der Waals surface area contributed by atoms with Crippen LogP contribution < -0.4 is 11.3 Å². The number of halogens is 2. The largest absolute Gasteiger partial charge is 0.271 e. The summed E-state index contributed by atoms with van der Waals surface area (Å²) in [7, 11) is 0. The first-order valence-corrected chi connectivity index (χ1v) is 7.90. The van der Waals surface area contributed by atoms with Crippen LogP contribution >= 0.6 is 34.2 Å². The van der Waals surface area contributed by atoms with Crippen LogP contribution in [0.15, 0.2) is 54.7 Å². The number of fused-ring (bicyclic) bond motifs is 1. The van der Waals surface area contributed by atoms with Crippen molar-refractivity contribution in [1.29, 1.82) is 0 Å². The SMILES string of the molecule is NNC(c1ccc2cccnc2c1)c1cc(Cl)ccc1I. The van der Waals surface area contributed by atoms with Gasteiger partial charge < -0.3 is 0 Å². The van der Waals surface area contributed by atoms with Crippen molar-refractivity contribution in [3.8, 4) is 0 Å². The van der Waals surface area contributed by atoms with Crippen LogP contribution in [0.5, 0.6) is 0 Å². The highest BCUT2D eigenvalue weighted by molar-refractivity contribution is 14.1. The summed E-state index contributed by atoms with van der Waals surface area (Å²) in [5.74, 6) is 5.78. The van der Waals surface area contributed by atoms with Gasteiger partial charge in [0.15, 0.2) is 0 Å². The van der Waals surface area contributed by atoms with Crippen molar-refractivity contribution < 1.29 is 0 Å². The molecule has 0 saturated carbocycles. The third-order valence-electron chi connectivity index (χ3n) is 3.40. The molecule has 1 atom stereocenters. The van der Waals surface area contributed by atoms with Gasteiger partial charge in [-0.05, 0) is 64.0 Å². The molecule has 0 aliphatic carbocycles. The molecule has 0 spiro atoms. The van der Waals surface area contributed by atoms with Gasteiger partial charge in [-0.3, -0.25) is 10.8 Å². The van der Waals surface area contributed by atoms with Crippen LogP contribution in [0.2, 0.25) is 5.02 Å². The van der Waals surface area contributed by atoms with E-state index in [0.29, 0.717) is 5.02 Å². The molecule has 0 fully saturated rings. The minimum absolute atomic E-state index is 0.123. The number of nitrogens with two attached hydrogens (primary N) is 1. The number of hydrazine groups is 1. The Hall–Kier alpha value is -1.21. The second-order valence-electron chi connectivity index (χ2n) is 4.72. The van der Waals surface area contributed by atoms with Gasteiger partial charge >= 0.3 is 0 Å². The molecule has 3 nitrogen and oxygen atoms in total. The minimum atomic E-state index is -0.123. The topological polar surface area (TPSA) is 50.9 Å². The second kappa shape index (κ2) is 6.27. The molecule has 3 aromatic rings. The lowest BCUT2D eigenvalue weighted by Crippen LogP contribution is -2.29. The molecule has 1 aromatic heterocycles. The molecular weight excluding hydrogens is 397 g/mol. The predicted molar refractivity (Wildman–Crippen MR) is 95.1 cm³/mol. The van der Waals surface area contributed by atoms with Crippen molar-refractivity contribution >= 4 is 45.1 Å². The number of benzene rings is 2. The smallest absolute Gasteiger partial charge is 0.0721 e. The Morgan fingerprint density at radius 2 is 2.00 bits per heavy atom. The van der Waals surface area contributed by atoms with Gasteiger partial charge in [0.05, 0.1) is 11.6 Å². The van der Waals surface area contributed by atoms with Crippen LogP contribution in [-0.2, 0) is 0 Å². The Bertz CT molecular complexity index is 791. The normalized spacial score (nSPS) is 12.5. The van der Waals surface area contributed by atoms with Crippen LogP contribution in [0, 0.1) is 3.57 Å². The van der Waals surface area contributed by atoms with Gasteiger partial charge in [-0.1, -0.05) is 29.8 Å². The molecule has 0 aliphatic rings. The summed E-state index contributed by atoms with van der Waals surface area (Å²) in [6, 6.07) is 15.8. The molecule has 0 aliphatic heterocycles. The molecule has 1 heterocycles. The Morgan fingerprint density at radius 1 is 1.14 bits per heavy atom. The van der Waals surface area contributed by atoms with Crippen molar-refractivity contribution in [2.24, 2.45) is 5.84 Å². The lowest BCUT2D eigenvalue weighted by molar-refractivity contribution is 0.635. The summed E-state index contributed by atoms with van der Waals surface area (Å²) in [4.78, 5) is 4.40. The number of aromatic nitrogens is 1. The lowest BCUT2D eigenvalue weighted by atomic mass is 9.98. The molecule has 0 amide bonds. The van der Waals surface area contributed by atoms with Gasteiger partial charge in [0.1, 0.15) is 0 Å². The molecule has 0 bridgehead atoms. The number of hydrogen-bond acceptors (Lipinski definition) is 3. The predicted octanol–water partition coefficient (Wildman–Crippen LogP) is 4.05. The Labute approximate surface area is 141 Å². The van der Waals surface area contributed by atoms with E-state index in [0.717, 1.165) is 25.6 Å². The maximum Gasteiger partial charge on any atom is 0.0721 e. The highest BCUT2D eigenvalue weighted by Gasteiger charge is 2.16. The molecule has 3 rings (SSSR count). The molecule has 106 valence electrons. The fraction of sp³-hybridized carbons (Fsp3) is 0.0625. The van der Waals surface area contributed by atoms with Crippen LogP contribution in [-0.4, -0.2) is 4.98 Å². The Kier molecular flexibility index (Phi) is 4.40. The van der Waals surface area contributed by atoms with E-state index in [9.17, 15) is 0 Å². The molecule has 21 heavy (non-hydrogen) atoms. The number of pyridine rings is 1. The van der Waals surface area contributed by atoms with Gasteiger partial charge in [0, 0.05) is 20.2 Å². The minimum Gasteiger partial charge on any atom is -0.271 e. The lowest BCUT2D eigenvalue weighted by Gasteiger charge is -2.19. The van der Waals surface area contributed by atoms with E-state index in [2.05, 4.69) is 51.2 Å². The van der Waals surface area contributed by atoms with Crippen molar-refractivity contribution in [3.63, 3.8) is 0 Å². The van der Waals surface area contributed by atoms with Crippen molar-refractivity contribution in [3.05, 3.63) is 74.4 Å². The van der Waals surface area contributed by atoms with Crippen molar-refractivity contribution in [2.75, 3.05) is 0 Å². The molecule has 0 radical (unpaired) electrons. The first-order chi connectivity index (χ1) is 10.2.